The number of para-hydroxylation sites is 2. The highest BCUT2D eigenvalue weighted by Crippen LogP contribution is 2.25. The van der Waals surface area contributed by atoms with Crippen LogP contribution >= 0.6 is 11.8 Å². The van der Waals surface area contributed by atoms with Crippen LogP contribution in [-0.2, 0) is 13.1 Å². The van der Waals surface area contributed by atoms with Crippen LogP contribution in [0.3, 0.4) is 0 Å². The second kappa shape index (κ2) is 9.15. The van der Waals surface area contributed by atoms with Crippen molar-refractivity contribution in [3.05, 3.63) is 66.0 Å². The van der Waals surface area contributed by atoms with E-state index in [4.69, 9.17) is 0 Å². The Labute approximate surface area is 170 Å². The maximum atomic E-state index is 4.47. The van der Waals surface area contributed by atoms with Crippen LogP contribution in [0, 0.1) is 0 Å². The Morgan fingerprint density at radius 1 is 1.14 bits per heavy atom. The number of hydrogen-bond acceptors (Lipinski definition) is 3. The van der Waals surface area contributed by atoms with Crippen LogP contribution in [-0.4, -0.2) is 40.1 Å². The standard InChI is InChI=1S/C22H27N5S/c1-23-22(25-14-19-5-4-12-28-19)24-13-17-8-10-18(11-9-17)15-27-16-26-20-6-2-3-7-21(20)27/h2-3,6-11,16,19H,4-5,12-15H2,1H3,(H2,23,24,25). The molecule has 3 aromatic rings. The number of nitrogens with zero attached hydrogens (tertiary/aromatic N) is 3. The van der Waals surface area contributed by atoms with E-state index in [0.29, 0.717) is 0 Å². The smallest absolute Gasteiger partial charge is 0.191 e. The van der Waals surface area contributed by atoms with E-state index < -0.39 is 0 Å². The fraction of sp³-hybridized carbons (Fsp3) is 0.364. The van der Waals surface area contributed by atoms with E-state index in [0.717, 1.165) is 36.4 Å². The largest absolute Gasteiger partial charge is 0.355 e. The van der Waals surface area contributed by atoms with Crippen LogP contribution in [0.4, 0.5) is 0 Å². The quantitative estimate of drug-likeness (QED) is 0.496. The number of hydrogen-bond donors (Lipinski definition) is 2. The predicted octanol–water partition coefficient (Wildman–Crippen LogP) is 3.65. The second-order valence-corrected chi connectivity index (χ2v) is 8.53. The number of aromatic nitrogens is 2. The molecule has 0 radical (unpaired) electrons. The minimum absolute atomic E-state index is 0.720. The molecule has 1 aliphatic heterocycles. The number of thioether (sulfide) groups is 1. The number of fused-ring (bicyclic) bond motifs is 1. The van der Waals surface area contributed by atoms with Gasteiger partial charge in [0.25, 0.3) is 0 Å². The molecular weight excluding hydrogens is 366 g/mol. The third-order valence-corrected chi connectivity index (χ3v) is 6.51. The lowest BCUT2D eigenvalue weighted by molar-refractivity contribution is 0.726. The van der Waals surface area contributed by atoms with Crippen molar-refractivity contribution in [2.45, 2.75) is 31.2 Å². The minimum Gasteiger partial charge on any atom is -0.355 e. The maximum Gasteiger partial charge on any atom is 0.191 e. The van der Waals surface area contributed by atoms with Crippen molar-refractivity contribution in [3.8, 4) is 0 Å². The van der Waals surface area contributed by atoms with Gasteiger partial charge in [0.2, 0.25) is 0 Å². The first-order valence-corrected chi connectivity index (χ1v) is 10.9. The summed E-state index contributed by atoms with van der Waals surface area (Å²) in [7, 11) is 1.83. The molecule has 0 saturated carbocycles. The summed E-state index contributed by atoms with van der Waals surface area (Å²) in [5.41, 5.74) is 4.73. The Balaban J connectivity index is 1.30. The summed E-state index contributed by atoms with van der Waals surface area (Å²) in [5, 5.41) is 7.58. The first kappa shape index (κ1) is 18.9. The zero-order chi connectivity index (χ0) is 19.2. The molecule has 1 fully saturated rings. The molecule has 1 atom stereocenters. The minimum atomic E-state index is 0.720. The molecule has 6 heteroatoms. The van der Waals surface area contributed by atoms with E-state index in [-0.39, 0.29) is 0 Å². The van der Waals surface area contributed by atoms with Gasteiger partial charge in [-0.15, -0.1) is 0 Å². The fourth-order valence-electron chi connectivity index (χ4n) is 3.52. The van der Waals surface area contributed by atoms with Crippen LogP contribution in [0.1, 0.15) is 24.0 Å². The van der Waals surface area contributed by atoms with Crippen LogP contribution in [0.15, 0.2) is 59.9 Å². The molecule has 1 aromatic heterocycles. The van der Waals surface area contributed by atoms with Crippen molar-refractivity contribution >= 4 is 28.8 Å². The molecule has 2 aromatic carbocycles. The number of benzene rings is 2. The number of imidazole rings is 1. The SMILES string of the molecule is CN=C(NCc1ccc(Cn2cnc3ccccc32)cc1)NCC1CCCS1. The summed E-state index contributed by atoms with van der Waals surface area (Å²) >= 11 is 2.06. The zero-order valence-electron chi connectivity index (χ0n) is 16.3. The first-order chi connectivity index (χ1) is 13.8. The Morgan fingerprint density at radius 3 is 2.75 bits per heavy atom. The Hall–Kier alpha value is -2.47. The Bertz CT molecular complexity index is 926. The molecule has 146 valence electrons. The summed E-state index contributed by atoms with van der Waals surface area (Å²) < 4.78 is 2.19. The summed E-state index contributed by atoms with van der Waals surface area (Å²) in [5.74, 6) is 2.17. The van der Waals surface area contributed by atoms with Crippen molar-refractivity contribution in [1.29, 1.82) is 0 Å². The van der Waals surface area contributed by atoms with Crippen molar-refractivity contribution < 1.29 is 0 Å². The molecule has 5 nitrogen and oxygen atoms in total. The van der Waals surface area contributed by atoms with Gasteiger partial charge in [-0.2, -0.15) is 11.8 Å². The molecule has 1 saturated heterocycles. The number of guanidine groups is 1. The lowest BCUT2D eigenvalue weighted by Gasteiger charge is -2.15. The molecule has 4 rings (SSSR count). The molecule has 2 N–H and O–H groups in total. The third-order valence-electron chi connectivity index (χ3n) is 5.11. The lowest BCUT2D eigenvalue weighted by Crippen LogP contribution is -2.39. The Kier molecular flexibility index (Phi) is 6.17. The van der Waals surface area contributed by atoms with Gasteiger partial charge in [-0.3, -0.25) is 4.99 Å². The molecule has 1 aliphatic rings. The maximum absolute atomic E-state index is 4.47. The van der Waals surface area contributed by atoms with Gasteiger partial charge in [-0.25, -0.2) is 4.98 Å². The number of nitrogens with one attached hydrogen (secondary N) is 2. The van der Waals surface area contributed by atoms with E-state index in [2.05, 4.69) is 73.3 Å². The first-order valence-electron chi connectivity index (χ1n) is 9.85. The van der Waals surface area contributed by atoms with E-state index in [9.17, 15) is 0 Å². The lowest BCUT2D eigenvalue weighted by atomic mass is 10.1. The molecule has 28 heavy (non-hydrogen) atoms. The molecule has 0 amide bonds. The van der Waals surface area contributed by atoms with Gasteiger partial charge in [0.15, 0.2) is 5.96 Å². The third kappa shape index (κ3) is 4.68. The van der Waals surface area contributed by atoms with Crippen LogP contribution in [0.2, 0.25) is 0 Å². The van der Waals surface area contributed by atoms with Gasteiger partial charge in [0.1, 0.15) is 0 Å². The van der Waals surface area contributed by atoms with Gasteiger partial charge < -0.3 is 15.2 Å². The van der Waals surface area contributed by atoms with E-state index >= 15 is 0 Å². The molecular formula is C22H27N5S. The molecule has 1 unspecified atom stereocenters. The summed E-state index contributed by atoms with van der Waals surface area (Å²) in [4.78, 5) is 8.80. The fourth-order valence-corrected chi connectivity index (χ4v) is 4.72. The highest BCUT2D eigenvalue weighted by molar-refractivity contribution is 8.00. The normalized spacial score (nSPS) is 17.2. The second-order valence-electron chi connectivity index (χ2n) is 7.12. The topological polar surface area (TPSA) is 54.2 Å². The van der Waals surface area contributed by atoms with E-state index in [1.807, 2.05) is 25.5 Å². The highest BCUT2D eigenvalue weighted by Gasteiger charge is 2.15. The van der Waals surface area contributed by atoms with Crippen LogP contribution in [0.25, 0.3) is 11.0 Å². The van der Waals surface area contributed by atoms with Gasteiger partial charge >= 0.3 is 0 Å². The molecule has 0 spiro atoms. The zero-order valence-corrected chi connectivity index (χ0v) is 17.1. The number of aliphatic imine (C=N–C) groups is 1. The molecule has 2 heterocycles. The van der Waals surface area contributed by atoms with Gasteiger partial charge in [0.05, 0.1) is 17.4 Å². The van der Waals surface area contributed by atoms with Gasteiger partial charge in [-0.05, 0) is 41.9 Å². The average Bonchev–Trinajstić information content (AvgIpc) is 3.40. The number of rotatable bonds is 6. The van der Waals surface area contributed by atoms with Crippen molar-refractivity contribution in [2.24, 2.45) is 4.99 Å². The van der Waals surface area contributed by atoms with Crippen molar-refractivity contribution in [3.63, 3.8) is 0 Å². The molecule has 0 aliphatic carbocycles. The van der Waals surface area contributed by atoms with Gasteiger partial charge in [-0.1, -0.05) is 36.4 Å². The Morgan fingerprint density at radius 2 is 1.96 bits per heavy atom. The van der Waals surface area contributed by atoms with Crippen LogP contribution in [0.5, 0.6) is 0 Å². The summed E-state index contributed by atoms with van der Waals surface area (Å²) in [6, 6.07) is 17.0. The average molecular weight is 394 g/mol. The summed E-state index contributed by atoms with van der Waals surface area (Å²) in [6.45, 7) is 2.59. The van der Waals surface area contributed by atoms with E-state index in [1.54, 1.807) is 0 Å². The monoisotopic (exact) mass is 393 g/mol. The summed E-state index contributed by atoms with van der Waals surface area (Å²) in [6.07, 6.45) is 4.56. The predicted molar refractivity (Wildman–Crippen MR) is 119 cm³/mol. The van der Waals surface area contributed by atoms with Crippen LogP contribution < -0.4 is 10.6 Å². The molecule has 0 bridgehead atoms. The van der Waals surface area contributed by atoms with Crippen molar-refractivity contribution in [1.82, 2.24) is 20.2 Å². The van der Waals surface area contributed by atoms with E-state index in [1.165, 1.54) is 35.2 Å². The van der Waals surface area contributed by atoms with Gasteiger partial charge in [0, 0.05) is 31.9 Å². The van der Waals surface area contributed by atoms with Crippen molar-refractivity contribution in [2.75, 3.05) is 19.3 Å². The highest BCUT2D eigenvalue weighted by atomic mass is 32.2.